The van der Waals surface area contributed by atoms with Crippen LogP contribution >= 0.6 is 0 Å². The molecule has 0 saturated carbocycles. The summed E-state index contributed by atoms with van der Waals surface area (Å²) in [5, 5.41) is 0. The molecule has 164 valence electrons. The molecule has 2 aliphatic rings. The topological polar surface area (TPSA) is 66.5 Å². The lowest BCUT2D eigenvalue weighted by Crippen LogP contribution is -2.12. The summed E-state index contributed by atoms with van der Waals surface area (Å²) in [5.41, 5.74) is 8.48. The second kappa shape index (κ2) is 10.1. The van der Waals surface area contributed by atoms with Crippen molar-refractivity contribution in [1.29, 1.82) is 0 Å². The Hall–Kier alpha value is -2.30. The van der Waals surface area contributed by atoms with E-state index in [0.29, 0.717) is 5.92 Å². The van der Waals surface area contributed by atoms with Gasteiger partial charge in [0.1, 0.15) is 0 Å². The quantitative estimate of drug-likeness (QED) is 0.655. The smallest absolute Gasteiger partial charge is 0.323 e. The van der Waals surface area contributed by atoms with Gasteiger partial charge >= 0.3 is 5.69 Å². The number of aromatic nitrogens is 4. The maximum Gasteiger partial charge on any atom is 0.323 e. The van der Waals surface area contributed by atoms with Gasteiger partial charge in [0, 0.05) is 25.1 Å². The van der Waals surface area contributed by atoms with Crippen molar-refractivity contribution >= 4 is 0 Å². The number of imidazole rings is 2. The third-order valence-corrected chi connectivity index (χ3v) is 6.92. The summed E-state index contributed by atoms with van der Waals surface area (Å²) >= 11 is 0. The van der Waals surface area contributed by atoms with Crippen molar-refractivity contribution in [3.8, 4) is 0 Å². The van der Waals surface area contributed by atoms with Gasteiger partial charge in [-0.25, -0.2) is 9.78 Å². The largest absolute Gasteiger partial charge is 0.340 e. The van der Waals surface area contributed by atoms with Crippen LogP contribution < -0.4 is 5.69 Å². The van der Waals surface area contributed by atoms with Crippen molar-refractivity contribution in [3.63, 3.8) is 0 Å². The first-order chi connectivity index (χ1) is 14.3. The van der Waals surface area contributed by atoms with Crippen LogP contribution in [0.15, 0.2) is 45.8 Å². The van der Waals surface area contributed by atoms with Gasteiger partial charge in [0.05, 0.1) is 12.0 Å². The molecule has 2 aliphatic carbocycles. The number of nitrogens with one attached hydrogen (secondary N) is 2. The van der Waals surface area contributed by atoms with Crippen LogP contribution in [0.1, 0.15) is 77.6 Å². The third-order valence-electron chi connectivity index (χ3n) is 6.92. The van der Waals surface area contributed by atoms with Crippen LogP contribution in [0, 0.1) is 11.8 Å². The molecule has 0 saturated heterocycles. The molecule has 0 amide bonds. The highest BCUT2D eigenvalue weighted by molar-refractivity contribution is 5.15. The molecule has 0 aromatic carbocycles. The first-order valence-corrected chi connectivity index (χ1v) is 11.3. The summed E-state index contributed by atoms with van der Waals surface area (Å²) in [6.45, 7) is 9.00. The van der Waals surface area contributed by atoms with E-state index in [4.69, 9.17) is 0 Å². The van der Waals surface area contributed by atoms with Gasteiger partial charge in [0.2, 0.25) is 0 Å². The van der Waals surface area contributed by atoms with Crippen molar-refractivity contribution in [1.82, 2.24) is 19.5 Å². The predicted octanol–water partition coefficient (Wildman–Crippen LogP) is 5.48. The molecule has 5 nitrogen and oxygen atoms in total. The van der Waals surface area contributed by atoms with Gasteiger partial charge in [0.15, 0.2) is 0 Å². The number of aryl methyl sites for hydroxylation is 1. The van der Waals surface area contributed by atoms with Gasteiger partial charge in [-0.15, -0.1) is 0 Å². The van der Waals surface area contributed by atoms with Gasteiger partial charge in [0.25, 0.3) is 0 Å². The van der Waals surface area contributed by atoms with Gasteiger partial charge in [-0.1, -0.05) is 22.3 Å². The maximum atomic E-state index is 10.9. The van der Waals surface area contributed by atoms with Gasteiger partial charge < -0.3 is 14.5 Å². The Balaban J connectivity index is 0.000000171. The fraction of sp³-hybridized carbons (Fsp3) is 0.600. The number of hydrogen-bond donors (Lipinski definition) is 2. The Morgan fingerprint density at radius 1 is 0.967 bits per heavy atom. The van der Waals surface area contributed by atoms with E-state index in [-0.39, 0.29) is 5.69 Å². The molecule has 0 aliphatic heterocycles. The SMILES string of the molecule is CC1=C(C)CC(Cc2c[nH]c(=O)[nH]2)CC1.CC1=C(C)CC(Cc2cn(C)cn2)CC1. The molecule has 30 heavy (non-hydrogen) atoms. The second-order valence-corrected chi connectivity index (χ2v) is 9.55. The van der Waals surface area contributed by atoms with Crippen LogP contribution in [-0.2, 0) is 19.9 Å². The highest BCUT2D eigenvalue weighted by Crippen LogP contribution is 2.31. The van der Waals surface area contributed by atoms with Crippen molar-refractivity contribution < 1.29 is 0 Å². The number of allylic oxidation sites excluding steroid dienone is 4. The van der Waals surface area contributed by atoms with Crippen molar-refractivity contribution in [3.05, 3.63) is 62.9 Å². The minimum absolute atomic E-state index is 0.0933. The Labute approximate surface area is 180 Å². The van der Waals surface area contributed by atoms with Crippen LogP contribution in [0.4, 0.5) is 0 Å². The monoisotopic (exact) mass is 410 g/mol. The Morgan fingerprint density at radius 3 is 2.03 bits per heavy atom. The molecule has 0 fully saturated rings. The van der Waals surface area contributed by atoms with Crippen LogP contribution in [-0.4, -0.2) is 19.5 Å². The molecule has 5 heteroatoms. The van der Waals surface area contributed by atoms with Crippen molar-refractivity contribution in [2.24, 2.45) is 18.9 Å². The fourth-order valence-corrected chi connectivity index (χ4v) is 4.69. The molecule has 4 rings (SSSR count). The molecule has 0 spiro atoms. The normalized spacial score (nSPS) is 22.2. The molecule has 2 N–H and O–H groups in total. The minimum atomic E-state index is -0.0933. The molecule has 2 unspecified atom stereocenters. The Bertz CT molecular complexity index is 956. The van der Waals surface area contributed by atoms with E-state index in [1.807, 2.05) is 17.9 Å². The van der Waals surface area contributed by atoms with Gasteiger partial charge in [-0.2, -0.15) is 0 Å². The number of rotatable bonds is 4. The third kappa shape index (κ3) is 6.35. The van der Waals surface area contributed by atoms with Crippen LogP contribution in [0.3, 0.4) is 0 Å². The van der Waals surface area contributed by atoms with E-state index in [1.165, 1.54) is 49.8 Å². The highest BCUT2D eigenvalue weighted by Gasteiger charge is 2.18. The Kier molecular flexibility index (Phi) is 7.57. The molecular weight excluding hydrogens is 372 g/mol. The van der Waals surface area contributed by atoms with E-state index in [2.05, 4.69) is 48.8 Å². The van der Waals surface area contributed by atoms with E-state index in [0.717, 1.165) is 24.5 Å². The number of nitrogens with zero attached hydrogens (tertiary/aromatic N) is 2. The molecule has 2 aromatic heterocycles. The minimum Gasteiger partial charge on any atom is -0.340 e. The zero-order chi connectivity index (χ0) is 21.7. The Morgan fingerprint density at radius 2 is 1.57 bits per heavy atom. The molecule has 2 heterocycles. The number of H-pyrrole nitrogens is 2. The van der Waals surface area contributed by atoms with E-state index in [1.54, 1.807) is 22.9 Å². The predicted molar refractivity (Wildman–Crippen MR) is 123 cm³/mol. The summed E-state index contributed by atoms with van der Waals surface area (Å²) in [4.78, 5) is 20.8. The zero-order valence-electron chi connectivity index (χ0n) is 19.3. The van der Waals surface area contributed by atoms with Gasteiger partial charge in [-0.3, -0.25) is 0 Å². The highest BCUT2D eigenvalue weighted by atomic mass is 16.1. The summed E-state index contributed by atoms with van der Waals surface area (Å²) < 4.78 is 2.03. The van der Waals surface area contributed by atoms with Gasteiger partial charge in [-0.05, 0) is 90.9 Å². The molecule has 2 aromatic rings. The molecule has 2 atom stereocenters. The fourth-order valence-electron chi connectivity index (χ4n) is 4.69. The zero-order valence-corrected chi connectivity index (χ0v) is 19.3. The lowest BCUT2D eigenvalue weighted by atomic mass is 9.83. The lowest BCUT2D eigenvalue weighted by molar-refractivity contribution is 0.448. The molecule has 0 bridgehead atoms. The average molecular weight is 411 g/mol. The molecular formula is C25H38N4O. The average Bonchev–Trinajstić information content (AvgIpc) is 3.30. The number of aromatic amines is 2. The summed E-state index contributed by atoms with van der Waals surface area (Å²) in [7, 11) is 2.03. The first kappa shape index (κ1) is 22.4. The van der Waals surface area contributed by atoms with Crippen molar-refractivity contribution in [2.45, 2.75) is 79.1 Å². The van der Waals surface area contributed by atoms with Crippen LogP contribution in [0.2, 0.25) is 0 Å². The standard InChI is InChI=1S/C13H20N2.C12H18N2O/c1-10-4-5-12(6-11(10)2)7-13-8-15(3)9-14-13;1-8-3-4-10(5-9(8)2)6-11-7-13-12(15)14-11/h8-9,12H,4-7H2,1-3H3;7,10H,3-6H2,1-2H3,(H2,13,14,15). The summed E-state index contributed by atoms with van der Waals surface area (Å²) in [6.07, 6.45) is 15.5. The maximum absolute atomic E-state index is 10.9. The molecule has 0 radical (unpaired) electrons. The lowest BCUT2D eigenvalue weighted by Gasteiger charge is -2.23. The van der Waals surface area contributed by atoms with Crippen molar-refractivity contribution in [2.75, 3.05) is 0 Å². The van der Waals surface area contributed by atoms with Crippen LogP contribution in [0.25, 0.3) is 0 Å². The second-order valence-electron chi connectivity index (χ2n) is 9.55. The first-order valence-electron chi connectivity index (χ1n) is 11.3. The van der Waals surface area contributed by atoms with E-state index in [9.17, 15) is 4.79 Å². The summed E-state index contributed by atoms with van der Waals surface area (Å²) in [6, 6.07) is 0. The number of hydrogen-bond acceptors (Lipinski definition) is 2. The van der Waals surface area contributed by atoms with Crippen LogP contribution in [0.5, 0.6) is 0 Å². The van der Waals surface area contributed by atoms with E-state index >= 15 is 0 Å². The summed E-state index contributed by atoms with van der Waals surface area (Å²) in [5.74, 6) is 1.50. The van der Waals surface area contributed by atoms with E-state index < -0.39 is 0 Å².